The fourth-order valence-corrected chi connectivity index (χ4v) is 3.61. The van der Waals surface area contributed by atoms with E-state index in [9.17, 15) is 0 Å². The summed E-state index contributed by atoms with van der Waals surface area (Å²) in [5, 5.41) is 0. The Morgan fingerprint density at radius 1 is 1.08 bits per heavy atom. The Morgan fingerprint density at radius 2 is 1.69 bits per heavy atom. The summed E-state index contributed by atoms with van der Waals surface area (Å²) >= 11 is 0. The fourth-order valence-electron chi connectivity index (χ4n) is 3.61. The molecular weight excluding hydrogens is 156 g/mol. The molecule has 0 aliphatic heterocycles. The highest BCUT2D eigenvalue weighted by atomic mass is 14.5. The van der Waals surface area contributed by atoms with Gasteiger partial charge in [-0.1, -0.05) is 46.5 Å². The maximum atomic E-state index is 2.52. The molecule has 0 amide bonds. The van der Waals surface area contributed by atoms with E-state index in [-0.39, 0.29) is 0 Å². The normalized spacial score (nSPS) is 43.2. The van der Waals surface area contributed by atoms with E-state index in [1.54, 1.807) is 0 Å². The van der Waals surface area contributed by atoms with Gasteiger partial charge in [0.25, 0.3) is 0 Å². The molecule has 0 spiro atoms. The summed E-state index contributed by atoms with van der Waals surface area (Å²) in [4.78, 5) is 0. The number of hydrogen-bond acceptors (Lipinski definition) is 0. The first-order valence-electron chi connectivity index (χ1n) is 6.20. The highest BCUT2D eigenvalue weighted by molar-refractivity contribution is 4.90. The first-order chi connectivity index (χ1) is 6.20. The lowest BCUT2D eigenvalue weighted by atomic mass is 9.59. The minimum Gasteiger partial charge on any atom is -0.0622 e. The van der Waals surface area contributed by atoms with Crippen LogP contribution >= 0.6 is 0 Å². The monoisotopic (exact) mass is 180 g/mol. The van der Waals surface area contributed by atoms with Gasteiger partial charge in [0, 0.05) is 0 Å². The van der Waals surface area contributed by atoms with Crippen molar-refractivity contribution in [2.45, 2.75) is 52.9 Å². The Balaban J connectivity index is 1.86. The number of rotatable bonds is 2. The molecule has 0 aromatic rings. The smallest absolute Gasteiger partial charge is 0.0355 e. The zero-order valence-corrected chi connectivity index (χ0v) is 9.42. The molecule has 0 heterocycles. The van der Waals surface area contributed by atoms with Gasteiger partial charge in [-0.2, -0.15) is 0 Å². The van der Waals surface area contributed by atoms with E-state index in [1.165, 1.54) is 32.1 Å². The van der Waals surface area contributed by atoms with Crippen LogP contribution in [0.4, 0.5) is 0 Å². The van der Waals surface area contributed by atoms with Crippen molar-refractivity contribution in [3.8, 4) is 0 Å². The Hall–Kier alpha value is 0. The summed E-state index contributed by atoms with van der Waals surface area (Å²) in [7, 11) is 0. The molecule has 0 heteroatoms. The minimum atomic E-state index is 1.01. The first-order valence-corrected chi connectivity index (χ1v) is 6.20. The van der Waals surface area contributed by atoms with Gasteiger partial charge in [0.15, 0.2) is 0 Å². The van der Waals surface area contributed by atoms with Gasteiger partial charge in [0.05, 0.1) is 0 Å². The second-order valence-electron chi connectivity index (χ2n) is 5.64. The molecule has 2 aliphatic carbocycles. The molecule has 76 valence electrons. The molecule has 0 nitrogen and oxygen atoms in total. The molecule has 2 fully saturated rings. The van der Waals surface area contributed by atoms with Crippen molar-refractivity contribution in [3.63, 3.8) is 0 Å². The molecule has 4 atom stereocenters. The van der Waals surface area contributed by atoms with Gasteiger partial charge in [-0.3, -0.25) is 0 Å². The fraction of sp³-hybridized carbons (Fsp3) is 1.00. The zero-order chi connectivity index (χ0) is 9.42. The zero-order valence-electron chi connectivity index (χ0n) is 9.42. The standard InChI is InChI=1S/C13H24/c1-9-8-13(10(9)2)11(3)12-6-4-5-7-12/h9-13H,4-8H2,1-3H3. The van der Waals surface area contributed by atoms with Gasteiger partial charge >= 0.3 is 0 Å². The SMILES string of the molecule is CC1CC(C(C)C2CCCC2)C1C. The molecule has 2 rings (SSSR count). The summed E-state index contributed by atoms with van der Waals surface area (Å²) in [6.07, 6.45) is 7.58. The van der Waals surface area contributed by atoms with Crippen molar-refractivity contribution in [2.24, 2.45) is 29.6 Å². The lowest BCUT2D eigenvalue weighted by Gasteiger charge is -2.46. The molecule has 4 unspecified atom stereocenters. The van der Waals surface area contributed by atoms with Crippen LogP contribution in [0.5, 0.6) is 0 Å². The highest BCUT2D eigenvalue weighted by Crippen LogP contribution is 2.48. The van der Waals surface area contributed by atoms with Crippen molar-refractivity contribution >= 4 is 0 Å². The summed E-state index contributed by atoms with van der Waals surface area (Å²) in [5.74, 6) is 5.19. The van der Waals surface area contributed by atoms with E-state index in [0.29, 0.717) is 0 Å². The van der Waals surface area contributed by atoms with Crippen LogP contribution in [0.3, 0.4) is 0 Å². The van der Waals surface area contributed by atoms with Crippen molar-refractivity contribution < 1.29 is 0 Å². The van der Waals surface area contributed by atoms with E-state index in [4.69, 9.17) is 0 Å². The third-order valence-corrected chi connectivity index (χ3v) is 5.04. The highest BCUT2D eigenvalue weighted by Gasteiger charge is 2.40. The molecule has 0 bridgehead atoms. The van der Waals surface area contributed by atoms with Gasteiger partial charge in [-0.15, -0.1) is 0 Å². The summed E-state index contributed by atoms with van der Waals surface area (Å²) in [6.45, 7) is 7.40. The van der Waals surface area contributed by atoms with Crippen LogP contribution in [0.2, 0.25) is 0 Å². The summed E-state index contributed by atoms with van der Waals surface area (Å²) in [5.41, 5.74) is 0. The Kier molecular flexibility index (Phi) is 2.67. The molecule has 0 saturated heterocycles. The average Bonchev–Trinajstić information content (AvgIpc) is 2.65. The Morgan fingerprint density at radius 3 is 2.15 bits per heavy atom. The summed E-state index contributed by atoms with van der Waals surface area (Å²) < 4.78 is 0. The van der Waals surface area contributed by atoms with E-state index in [0.717, 1.165) is 29.6 Å². The molecule has 13 heavy (non-hydrogen) atoms. The second-order valence-corrected chi connectivity index (χ2v) is 5.64. The maximum Gasteiger partial charge on any atom is -0.0355 e. The predicted molar refractivity (Wildman–Crippen MR) is 57.6 cm³/mol. The van der Waals surface area contributed by atoms with Crippen LogP contribution in [0.25, 0.3) is 0 Å². The Bertz CT molecular complexity index is 167. The van der Waals surface area contributed by atoms with E-state index < -0.39 is 0 Å². The van der Waals surface area contributed by atoms with Gasteiger partial charge in [-0.05, 0) is 36.0 Å². The van der Waals surface area contributed by atoms with Crippen LogP contribution < -0.4 is 0 Å². The molecule has 2 saturated carbocycles. The summed E-state index contributed by atoms with van der Waals surface area (Å²) in [6, 6.07) is 0. The quantitative estimate of drug-likeness (QED) is 0.600. The van der Waals surface area contributed by atoms with Gasteiger partial charge in [0.2, 0.25) is 0 Å². The van der Waals surface area contributed by atoms with E-state index in [2.05, 4.69) is 20.8 Å². The first kappa shape index (κ1) is 9.55. The maximum absolute atomic E-state index is 2.52. The molecule has 2 aliphatic rings. The van der Waals surface area contributed by atoms with Gasteiger partial charge in [0.1, 0.15) is 0 Å². The van der Waals surface area contributed by atoms with Gasteiger partial charge in [-0.25, -0.2) is 0 Å². The van der Waals surface area contributed by atoms with Crippen molar-refractivity contribution in [1.29, 1.82) is 0 Å². The average molecular weight is 180 g/mol. The van der Waals surface area contributed by atoms with Crippen molar-refractivity contribution in [1.82, 2.24) is 0 Å². The third-order valence-electron chi connectivity index (χ3n) is 5.04. The van der Waals surface area contributed by atoms with Crippen LogP contribution in [0.1, 0.15) is 52.9 Å². The third kappa shape index (κ3) is 1.65. The Labute approximate surface area is 83.1 Å². The van der Waals surface area contributed by atoms with Crippen molar-refractivity contribution in [2.75, 3.05) is 0 Å². The predicted octanol–water partition coefficient (Wildman–Crippen LogP) is 4.10. The number of hydrogen-bond donors (Lipinski definition) is 0. The largest absolute Gasteiger partial charge is 0.0622 e. The molecule has 0 aromatic carbocycles. The van der Waals surface area contributed by atoms with Crippen molar-refractivity contribution in [3.05, 3.63) is 0 Å². The van der Waals surface area contributed by atoms with Gasteiger partial charge < -0.3 is 0 Å². The topological polar surface area (TPSA) is 0 Å². The lowest BCUT2D eigenvalue weighted by molar-refractivity contribution is 0.0305. The van der Waals surface area contributed by atoms with E-state index in [1.807, 2.05) is 0 Å². The van der Waals surface area contributed by atoms with E-state index >= 15 is 0 Å². The van der Waals surface area contributed by atoms with Crippen LogP contribution in [0.15, 0.2) is 0 Å². The molecule has 0 aromatic heterocycles. The van der Waals surface area contributed by atoms with Crippen LogP contribution in [-0.2, 0) is 0 Å². The van der Waals surface area contributed by atoms with Crippen LogP contribution in [-0.4, -0.2) is 0 Å². The molecule has 0 N–H and O–H groups in total. The van der Waals surface area contributed by atoms with Crippen LogP contribution in [0, 0.1) is 29.6 Å². The molecule has 0 radical (unpaired) electrons. The minimum absolute atomic E-state index is 1.01. The molecular formula is C13H24. The lowest BCUT2D eigenvalue weighted by Crippen LogP contribution is -2.39. The second kappa shape index (κ2) is 3.63.